The van der Waals surface area contributed by atoms with Crippen molar-refractivity contribution < 1.29 is 14.8 Å². The van der Waals surface area contributed by atoms with Crippen LogP contribution in [-0.4, -0.2) is 40.0 Å². The molecule has 0 saturated heterocycles. The van der Waals surface area contributed by atoms with Crippen molar-refractivity contribution >= 4 is 23.2 Å². The fourth-order valence-corrected chi connectivity index (χ4v) is 2.10. The Morgan fingerprint density at radius 2 is 2.21 bits per heavy atom. The number of halogens is 1. The summed E-state index contributed by atoms with van der Waals surface area (Å²) in [6.07, 6.45) is 1.74. The van der Waals surface area contributed by atoms with Crippen LogP contribution < -0.4 is 0 Å². The monoisotopic (exact) mass is 284 g/mol. The quantitative estimate of drug-likeness (QED) is 0.660. The second-order valence-corrected chi connectivity index (χ2v) is 4.81. The number of nitro groups is 1. The highest BCUT2D eigenvalue weighted by Gasteiger charge is 2.35. The van der Waals surface area contributed by atoms with Gasteiger partial charge < -0.3 is 10.0 Å². The number of aliphatic hydroxyl groups is 1. The summed E-state index contributed by atoms with van der Waals surface area (Å²) in [6.45, 7) is 0.0207. The van der Waals surface area contributed by atoms with Crippen molar-refractivity contribution in [2.24, 2.45) is 0 Å². The Morgan fingerprint density at radius 1 is 1.53 bits per heavy atom. The maximum Gasteiger partial charge on any atom is 0.283 e. The van der Waals surface area contributed by atoms with E-state index >= 15 is 0 Å². The summed E-state index contributed by atoms with van der Waals surface area (Å²) in [5.41, 5.74) is -0.296. The fourth-order valence-electron chi connectivity index (χ4n) is 1.94. The molecular weight excluding hydrogens is 272 g/mol. The predicted octanol–water partition coefficient (Wildman–Crippen LogP) is 1.85. The van der Waals surface area contributed by atoms with E-state index in [1.807, 2.05) is 0 Å². The predicted molar refractivity (Wildman–Crippen MR) is 69.3 cm³/mol. The Morgan fingerprint density at radius 3 is 2.74 bits per heavy atom. The summed E-state index contributed by atoms with van der Waals surface area (Å²) >= 11 is 5.71. The Kier molecular flexibility index (Phi) is 4.01. The molecule has 0 aromatic heterocycles. The van der Waals surface area contributed by atoms with E-state index in [-0.39, 0.29) is 35.5 Å². The number of nitrogens with zero attached hydrogens (tertiary/aromatic N) is 2. The number of carbonyl (C=O) groups excluding carboxylic acids is 1. The molecule has 0 atom stereocenters. The van der Waals surface area contributed by atoms with E-state index in [0.717, 1.165) is 12.8 Å². The van der Waals surface area contributed by atoms with Gasteiger partial charge in [-0.05, 0) is 25.0 Å². The van der Waals surface area contributed by atoms with Crippen molar-refractivity contribution in [2.45, 2.75) is 18.9 Å². The first-order valence-electron chi connectivity index (χ1n) is 5.90. The highest BCUT2D eigenvalue weighted by atomic mass is 35.5. The van der Waals surface area contributed by atoms with Gasteiger partial charge >= 0.3 is 0 Å². The lowest BCUT2D eigenvalue weighted by atomic mass is 10.1. The lowest BCUT2D eigenvalue weighted by Gasteiger charge is -2.21. The highest BCUT2D eigenvalue weighted by molar-refractivity contribution is 6.31. The van der Waals surface area contributed by atoms with Crippen LogP contribution in [0.1, 0.15) is 23.2 Å². The Hall–Kier alpha value is -1.66. The zero-order valence-electron chi connectivity index (χ0n) is 10.1. The summed E-state index contributed by atoms with van der Waals surface area (Å²) in [4.78, 5) is 24.2. The summed E-state index contributed by atoms with van der Waals surface area (Å²) in [7, 11) is 0. The molecule has 1 aromatic rings. The molecule has 1 amide bonds. The van der Waals surface area contributed by atoms with Crippen LogP contribution in [0.25, 0.3) is 0 Å². The van der Waals surface area contributed by atoms with Gasteiger partial charge in [-0.15, -0.1) is 0 Å². The van der Waals surface area contributed by atoms with Gasteiger partial charge in [-0.2, -0.15) is 0 Å². The van der Waals surface area contributed by atoms with Crippen molar-refractivity contribution in [3.63, 3.8) is 0 Å². The number of hydrogen-bond donors (Lipinski definition) is 1. The highest BCUT2D eigenvalue weighted by Crippen LogP contribution is 2.31. The largest absolute Gasteiger partial charge is 0.395 e. The number of nitro benzene ring substituents is 1. The van der Waals surface area contributed by atoms with Crippen LogP contribution in [-0.2, 0) is 0 Å². The van der Waals surface area contributed by atoms with E-state index < -0.39 is 10.8 Å². The first-order valence-corrected chi connectivity index (χ1v) is 6.28. The molecule has 0 heterocycles. The van der Waals surface area contributed by atoms with Crippen LogP contribution in [0.2, 0.25) is 5.02 Å². The first kappa shape index (κ1) is 13.8. The van der Waals surface area contributed by atoms with Crippen LogP contribution in [0.3, 0.4) is 0 Å². The second kappa shape index (κ2) is 5.54. The van der Waals surface area contributed by atoms with Crippen LogP contribution in [0.5, 0.6) is 0 Å². The average molecular weight is 285 g/mol. The van der Waals surface area contributed by atoms with E-state index in [1.165, 1.54) is 23.1 Å². The normalized spacial score (nSPS) is 14.2. The zero-order chi connectivity index (χ0) is 14.0. The van der Waals surface area contributed by atoms with Crippen molar-refractivity contribution in [1.29, 1.82) is 0 Å². The lowest BCUT2D eigenvalue weighted by Crippen LogP contribution is -2.35. The van der Waals surface area contributed by atoms with Gasteiger partial charge in [-0.1, -0.05) is 11.6 Å². The van der Waals surface area contributed by atoms with Crippen molar-refractivity contribution in [2.75, 3.05) is 13.2 Å². The van der Waals surface area contributed by atoms with E-state index in [4.69, 9.17) is 16.7 Å². The molecule has 1 fully saturated rings. The minimum Gasteiger partial charge on any atom is -0.395 e. The van der Waals surface area contributed by atoms with E-state index in [1.54, 1.807) is 0 Å². The van der Waals surface area contributed by atoms with Crippen molar-refractivity contribution in [3.05, 3.63) is 38.9 Å². The zero-order valence-corrected chi connectivity index (χ0v) is 10.8. The lowest BCUT2D eigenvalue weighted by molar-refractivity contribution is -0.385. The van der Waals surface area contributed by atoms with E-state index in [0.29, 0.717) is 0 Å². The third-order valence-corrected chi connectivity index (χ3v) is 3.21. The number of benzene rings is 1. The summed E-state index contributed by atoms with van der Waals surface area (Å²) < 4.78 is 0. The second-order valence-electron chi connectivity index (χ2n) is 4.37. The molecule has 1 N–H and O–H groups in total. The molecule has 6 nitrogen and oxygen atoms in total. The van der Waals surface area contributed by atoms with E-state index in [2.05, 4.69) is 0 Å². The van der Waals surface area contributed by atoms with Crippen LogP contribution in [0.4, 0.5) is 5.69 Å². The first-order chi connectivity index (χ1) is 9.04. The molecule has 1 aliphatic carbocycles. The van der Waals surface area contributed by atoms with Crippen molar-refractivity contribution in [3.8, 4) is 0 Å². The molecule has 1 aliphatic rings. The number of hydrogen-bond acceptors (Lipinski definition) is 4. The molecule has 0 bridgehead atoms. The number of rotatable bonds is 5. The molecule has 0 aliphatic heterocycles. The molecule has 0 radical (unpaired) electrons. The average Bonchev–Trinajstić information content (AvgIpc) is 3.19. The topological polar surface area (TPSA) is 83.7 Å². The minimum atomic E-state index is -0.622. The molecule has 1 saturated carbocycles. The molecule has 19 heavy (non-hydrogen) atoms. The van der Waals surface area contributed by atoms with Crippen LogP contribution in [0, 0.1) is 10.1 Å². The SMILES string of the molecule is O=C(c1ccc(Cl)cc1[N+](=O)[O-])N(CCO)C1CC1. The smallest absolute Gasteiger partial charge is 0.283 e. The Labute approximate surface area is 114 Å². The van der Waals surface area contributed by atoms with Gasteiger partial charge in [0.25, 0.3) is 11.6 Å². The molecule has 0 unspecified atom stereocenters. The molecule has 7 heteroatoms. The van der Waals surface area contributed by atoms with Crippen LogP contribution in [0.15, 0.2) is 18.2 Å². The standard InChI is InChI=1S/C12H13ClN2O4/c13-8-1-4-10(11(7-8)15(18)19)12(17)14(5-6-16)9-2-3-9/h1,4,7,9,16H,2-3,5-6H2. The van der Waals surface area contributed by atoms with Gasteiger partial charge in [-0.3, -0.25) is 14.9 Å². The number of amides is 1. The van der Waals surface area contributed by atoms with Gasteiger partial charge in [0.05, 0.1) is 11.5 Å². The van der Waals surface area contributed by atoms with Gasteiger partial charge in [-0.25, -0.2) is 0 Å². The van der Waals surface area contributed by atoms with E-state index in [9.17, 15) is 14.9 Å². The van der Waals surface area contributed by atoms with Gasteiger partial charge in [0, 0.05) is 23.7 Å². The molecule has 2 rings (SSSR count). The molecule has 1 aromatic carbocycles. The molecular formula is C12H13ClN2O4. The van der Waals surface area contributed by atoms with Gasteiger partial charge in [0.1, 0.15) is 5.56 Å². The Bertz CT molecular complexity index is 516. The van der Waals surface area contributed by atoms with Gasteiger partial charge in [0.15, 0.2) is 0 Å². The maximum absolute atomic E-state index is 12.3. The minimum absolute atomic E-state index is 0.00903. The maximum atomic E-state index is 12.3. The summed E-state index contributed by atoms with van der Waals surface area (Å²) in [5.74, 6) is -0.431. The van der Waals surface area contributed by atoms with Crippen LogP contribution >= 0.6 is 11.6 Å². The third-order valence-electron chi connectivity index (χ3n) is 2.98. The summed E-state index contributed by atoms with van der Waals surface area (Å²) in [6, 6.07) is 4.05. The Balaban J connectivity index is 2.34. The molecule has 102 valence electrons. The van der Waals surface area contributed by atoms with Gasteiger partial charge in [0.2, 0.25) is 0 Å². The third kappa shape index (κ3) is 3.02. The fraction of sp³-hybridized carbons (Fsp3) is 0.417. The number of carbonyl (C=O) groups is 1. The van der Waals surface area contributed by atoms with Crippen molar-refractivity contribution in [1.82, 2.24) is 4.90 Å². The number of aliphatic hydroxyl groups excluding tert-OH is 1. The molecule has 0 spiro atoms. The summed E-state index contributed by atoms with van der Waals surface area (Å²) in [5, 5.41) is 20.2.